The van der Waals surface area contributed by atoms with Crippen molar-refractivity contribution in [3.05, 3.63) is 27.4 Å². The van der Waals surface area contributed by atoms with Gasteiger partial charge in [-0.25, -0.2) is 4.98 Å². The fourth-order valence-electron chi connectivity index (χ4n) is 2.17. The molecule has 0 aliphatic carbocycles. The number of rotatable bonds is 1. The molecular weight excluding hydrogens is 254 g/mol. The highest BCUT2D eigenvalue weighted by Gasteiger charge is 2.22. The van der Waals surface area contributed by atoms with E-state index in [9.17, 15) is 4.79 Å². The summed E-state index contributed by atoms with van der Waals surface area (Å²) in [7, 11) is 0. The van der Waals surface area contributed by atoms with Crippen LogP contribution in [0, 0.1) is 0 Å². The summed E-state index contributed by atoms with van der Waals surface area (Å²) in [5.41, 5.74) is 1.88. The van der Waals surface area contributed by atoms with Gasteiger partial charge < -0.3 is 10.3 Å². The lowest BCUT2D eigenvalue weighted by Crippen LogP contribution is -2.32. The number of nitrogens with zero attached hydrogens (tertiary/aromatic N) is 1. The molecule has 0 radical (unpaired) electrons. The molecule has 1 unspecified atom stereocenters. The summed E-state index contributed by atoms with van der Waals surface area (Å²) < 4.78 is 0. The van der Waals surface area contributed by atoms with E-state index in [1.807, 2.05) is 23.5 Å². The van der Waals surface area contributed by atoms with Crippen LogP contribution in [-0.4, -0.2) is 33.8 Å². The number of thioether (sulfide) groups is 2. The van der Waals surface area contributed by atoms with Gasteiger partial charge in [0, 0.05) is 36.8 Å². The van der Waals surface area contributed by atoms with Crippen LogP contribution < -0.4 is 10.9 Å². The maximum absolute atomic E-state index is 12.0. The van der Waals surface area contributed by atoms with E-state index in [1.165, 1.54) is 5.75 Å². The van der Waals surface area contributed by atoms with Crippen molar-refractivity contribution in [2.24, 2.45) is 0 Å². The predicted octanol–water partition coefficient (Wildman–Crippen LogP) is 0.937. The average molecular weight is 269 g/mol. The van der Waals surface area contributed by atoms with Crippen LogP contribution in [0.4, 0.5) is 0 Å². The number of hydrogen-bond acceptors (Lipinski definition) is 5. The standard InChI is InChI=1S/C11H15N3OS2/c15-11-7-5-12-2-1-8(7)13-10(14-11)9-6-16-3-4-17-9/h9,12H,1-6H2,(H,13,14,15). The summed E-state index contributed by atoms with van der Waals surface area (Å²) in [5.74, 6) is 4.30. The summed E-state index contributed by atoms with van der Waals surface area (Å²) in [6.07, 6.45) is 0.872. The van der Waals surface area contributed by atoms with Crippen molar-refractivity contribution in [2.75, 3.05) is 23.8 Å². The molecule has 4 nitrogen and oxygen atoms in total. The van der Waals surface area contributed by atoms with Crippen molar-refractivity contribution in [1.82, 2.24) is 15.3 Å². The molecule has 3 rings (SSSR count). The number of H-pyrrole nitrogens is 1. The zero-order valence-electron chi connectivity index (χ0n) is 9.49. The highest BCUT2D eigenvalue weighted by molar-refractivity contribution is 8.06. The third-order valence-electron chi connectivity index (χ3n) is 3.08. The topological polar surface area (TPSA) is 57.8 Å². The van der Waals surface area contributed by atoms with Gasteiger partial charge >= 0.3 is 0 Å². The Hall–Kier alpha value is -0.460. The fourth-order valence-corrected chi connectivity index (χ4v) is 4.79. The van der Waals surface area contributed by atoms with Gasteiger partial charge in [0.1, 0.15) is 5.82 Å². The molecule has 1 fully saturated rings. The van der Waals surface area contributed by atoms with E-state index in [1.54, 1.807) is 0 Å². The summed E-state index contributed by atoms with van der Waals surface area (Å²) >= 11 is 3.85. The molecule has 1 saturated heterocycles. The van der Waals surface area contributed by atoms with Crippen molar-refractivity contribution in [2.45, 2.75) is 18.2 Å². The fraction of sp³-hybridized carbons (Fsp3) is 0.636. The summed E-state index contributed by atoms with van der Waals surface area (Å²) in [5, 5.41) is 3.57. The molecule has 2 N–H and O–H groups in total. The molecule has 0 amide bonds. The number of fused-ring (bicyclic) bond motifs is 1. The van der Waals surface area contributed by atoms with E-state index in [4.69, 9.17) is 0 Å². The van der Waals surface area contributed by atoms with E-state index < -0.39 is 0 Å². The Balaban J connectivity index is 1.95. The number of hydrogen-bond donors (Lipinski definition) is 2. The minimum absolute atomic E-state index is 0.0494. The van der Waals surface area contributed by atoms with Crippen LogP contribution in [0.2, 0.25) is 0 Å². The van der Waals surface area contributed by atoms with Gasteiger partial charge in [0.05, 0.1) is 16.5 Å². The Morgan fingerprint density at radius 2 is 2.29 bits per heavy atom. The second kappa shape index (κ2) is 5.04. The Kier molecular flexibility index (Phi) is 3.44. The predicted molar refractivity (Wildman–Crippen MR) is 72.8 cm³/mol. The third-order valence-corrected chi connectivity index (χ3v) is 5.84. The van der Waals surface area contributed by atoms with Crippen LogP contribution in [0.15, 0.2) is 4.79 Å². The number of aromatic nitrogens is 2. The maximum atomic E-state index is 12.0. The molecule has 2 aliphatic heterocycles. The van der Waals surface area contributed by atoms with Crippen LogP contribution in [0.1, 0.15) is 22.3 Å². The molecule has 1 atom stereocenters. The molecule has 2 aliphatic rings. The zero-order chi connectivity index (χ0) is 11.7. The Bertz CT molecular complexity index is 468. The van der Waals surface area contributed by atoms with E-state index >= 15 is 0 Å². The lowest BCUT2D eigenvalue weighted by molar-refractivity contribution is 0.614. The minimum atomic E-state index is 0.0494. The summed E-state index contributed by atoms with van der Waals surface area (Å²) in [4.78, 5) is 19.6. The van der Waals surface area contributed by atoms with E-state index in [0.717, 1.165) is 41.6 Å². The smallest absolute Gasteiger partial charge is 0.255 e. The van der Waals surface area contributed by atoms with Crippen molar-refractivity contribution in [1.29, 1.82) is 0 Å². The quantitative estimate of drug-likeness (QED) is 0.794. The number of nitrogens with one attached hydrogen (secondary N) is 2. The summed E-state index contributed by atoms with van der Waals surface area (Å²) in [6, 6.07) is 0. The van der Waals surface area contributed by atoms with Gasteiger partial charge in [0.2, 0.25) is 0 Å². The van der Waals surface area contributed by atoms with Gasteiger partial charge in [-0.2, -0.15) is 11.8 Å². The second-order valence-corrected chi connectivity index (χ2v) is 6.70. The largest absolute Gasteiger partial charge is 0.312 e. The molecule has 0 saturated carbocycles. The van der Waals surface area contributed by atoms with Gasteiger partial charge in [-0.15, -0.1) is 11.8 Å². The molecule has 3 heterocycles. The molecule has 17 heavy (non-hydrogen) atoms. The van der Waals surface area contributed by atoms with Gasteiger partial charge in [-0.1, -0.05) is 0 Å². The average Bonchev–Trinajstić information content (AvgIpc) is 2.40. The monoisotopic (exact) mass is 269 g/mol. The molecule has 92 valence electrons. The van der Waals surface area contributed by atoms with Crippen LogP contribution in [-0.2, 0) is 13.0 Å². The van der Waals surface area contributed by atoms with Crippen molar-refractivity contribution in [3.63, 3.8) is 0 Å². The Labute approximate surface area is 108 Å². The van der Waals surface area contributed by atoms with Crippen molar-refractivity contribution < 1.29 is 0 Å². The van der Waals surface area contributed by atoms with E-state index in [0.29, 0.717) is 11.8 Å². The SMILES string of the molecule is O=c1[nH]c(C2CSCCS2)nc2c1CNCC2. The molecule has 0 spiro atoms. The highest BCUT2D eigenvalue weighted by Crippen LogP contribution is 2.34. The van der Waals surface area contributed by atoms with Crippen LogP contribution >= 0.6 is 23.5 Å². The normalized spacial score (nSPS) is 24.4. The maximum Gasteiger partial charge on any atom is 0.255 e. The molecule has 1 aromatic heterocycles. The lowest BCUT2D eigenvalue weighted by atomic mass is 10.1. The molecule has 6 heteroatoms. The Morgan fingerprint density at radius 3 is 3.12 bits per heavy atom. The van der Waals surface area contributed by atoms with E-state index in [-0.39, 0.29) is 5.56 Å². The summed E-state index contributed by atoms with van der Waals surface area (Å²) in [6.45, 7) is 1.58. The van der Waals surface area contributed by atoms with Crippen molar-refractivity contribution >= 4 is 23.5 Å². The zero-order valence-corrected chi connectivity index (χ0v) is 11.1. The molecule has 0 bridgehead atoms. The molecule has 0 aromatic carbocycles. The van der Waals surface area contributed by atoms with Crippen LogP contribution in [0.3, 0.4) is 0 Å². The first-order valence-electron chi connectivity index (χ1n) is 5.86. The van der Waals surface area contributed by atoms with Crippen LogP contribution in [0.5, 0.6) is 0 Å². The minimum Gasteiger partial charge on any atom is -0.312 e. The van der Waals surface area contributed by atoms with Gasteiger partial charge in [-0.3, -0.25) is 4.79 Å². The first-order chi connectivity index (χ1) is 8.34. The molecular formula is C11H15N3OS2. The Morgan fingerprint density at radius 1 is 1.35 bits per heavy atom. The van der Waals surface area contributed by atoms with Gasteiger partial charge in [0.25, 0.3) is 5.56 Å². The first kappa shape index (κ1) is 11.6. The second-order valence-electron chi connectivity index (χ2n) is 4.24. The van der Waals surface area contributed by atoms with E-state index in [2.05, 4.69) is 15.3 Å². The highest BCUT2D eigenvalue weighted by atomic mass is 32.2. The van der Waals surface area contributed by atoms with Crippen LogP contribution in [0.25, 0.3) is 0 Å². The number of aromatic amines is 1. The van der Waals surface area contributed by atoms with Gasteiger partial charge in [0.15, 0.2) is 0 Å². The van der Waals surface area contributed by atoms with Gasteiger partial charge in [-0.05, 0) is 0 Å². The molecule has 1 aromatic rings. The lowest BCUT2D eigenvalue weighted by Gasteiger charge is -2.22. The third kappa shape index (κ3) is 2.39. The first-order valence-corrected chi connectivity index (χ1v) is 8.07. The van der Waals surface area contributed by atoms with Crippen molar-refractivity contribution in [3.8, 4) is 0 Å².